The highest BCUT2D eigenvalue weighted by atomic mass is 32.2. The van der Waals surface area contributed by atoms with Crippen LogP contribution in [0.2, 0.25) is 0 Å². The Bertz CT molecular complexity index is 1190. The number of carbonyl (C=O) groups excluding carboxylic acids is 1. The number of pyridine rings is 1. The van der Waals surface area contributed by atoms with Gasteiger partial charge >= 0.3 is 0 Å². The van der Waals surface area contributed by atoms with Crippen molar-refractivity contribution in [1.29, 1.82) is 0 Å². The molecule has 30 heavy (non-hydrogen) atoms. The minimum absolute atomic E-state index is 0.0896. The zero-order valence-electron chi connectivity index (χ0n) is 16.3. The van der Waals surface area contributed by atoms with Crippen LogP contribution >= 0.6 is 11.3 Å². The first-order chi connectivity index (χ1) is 14.2. The second-order valence-electron chi connectivity index (χ2n) is 6.69. The summed E-state index contributed by atoms with van der Waals surface area (Å²) >= 11 is 1.43. The predicted octanol–water partition coefficient (Wildman–Crippen LogP) is 2.21. The van der Waals surface area contributed by atoms with E-state index in [1.165, 1.54) is 43.6 Å². The minimum atomic E-state index is -3.75. The zero-order chi connectivity index (χ0) is 21.9. The number of hydrogen-bond donors (Lipinski definition) is 1. The van der Waals surface area contributed by atoms with Crippen LogP contribution in [-0.2, 0) is 21.4 Å². The number of thiophene rings is 1. The smallest absolute Gasteiger partial charge is 0.251 e. The van der Waals surface area contributed by atoms with Crippen molar-refractivity contribution < 1.29 is 17.6 Å². The molecule has 3 aromatic rings. The predicted molar refractivity (Wildman–Crippen MR) is 112 cm³/mol. The van der Waals surface area contributed by atoms with Crippen LogP contribution in [0.3, 0.4) is 0 Å². The van der Waals surface area contributed by atoms with Crippen LogP contribution in [0.15, 0.2) is 69.8 Å². The number of aromatic nitrogens is 1. The van der Waals surface area contributed by atoms with Crippen LogP contribution in [-0.4, -0.2) is 37.3 Å². The minimum Gasteiger partial charge on any atom is -0.343 e. The third-order valence-corrected chi connectivity index (χ3v) is 7.12. The topological polar surface area (TPSA) is 88.5 Å². The molecule has 0 radical (unpaired) electrons. The lowest BCUT2D eigenvalue weighted by Crippen LogP contribution is -2.35. The van der Waals surface area contributed by atoms with Gasteiger partial charge in [-0.25, -0.2) is 17.1 Å². The Hall–Kier alpha value is -2.82. The Morgan fingerprint density at radius 1 is 1.17 bits per heavy atom. The van der Waals surface area contributed by atoms with Crippen molar-refractivity contribution in [3.05, 3.63) is 86.7 Å². The lowest BCUT2D eigenvalue weighted by atomic mass is 10.1. The Labute approximate surface area is 177 Å². The first-order valence-electron chi connectivity index (χ1n) is 8.90. The molecule has 7 nitrogen and oxygen atoms in total. The van der Waals surface area contributed by atoms with Crippen LogP contribution in [0.4, 0.5) is 4.39 Å². The van der Waals surface area contributed by atoms with Gasteiger partial charge in [-0.3, -0.25) is 9.59 Å². The maximum Gasteiger partial charge on any atom is 0.251 e. The number of amides is 1. The molecule has 0 saturated heterocycles. The number of benzene rings is 1. The van der Waals surface area contributed by atoms with Gasteiger partial charge in [0.15, 0.2) is 0 Å². The van der Waals surface area contributed by atoms with E-state index in [-0.39, 0.29) is 17.3 Å². The fraction of sp³-hybridized carbons (Fsp3) is 0.200. The van der Waals surface area contributed by atoms with E-state index < -0.39 is 27.5 Å². The van der Waals surface area contributed by atoms with Crippen LogP contribution in [0, 0.1) is 5.82 Å². The number of halogens is 1. The van der Waals surface area contributed by atoms with Crippen molar-refractivity contribution in [3.8, 4) is 0 Å². The van der Waals surface area contributed by atoms with Gasteiger partial charge in [-0.2, -0.15) is 0 Å². The third kappa shape index (κ3) is 4.84. The maximum atomic E-state index is 13.3. The fourth-order valence-electron chi connectivity index (χ4n) is 2.79. The summed E-state index contributed by atoms with van der Waals surface area (Å²) in [5.74, 6) is -0.875. The molecule has 1 N–H and O–H groups in total. The number of hydrogen-bond acceptors (Lipinski definition) is 5. The van der Waals surface area contributed by atoms with Gasteiger partial charge in [0.2, 0.25) is 15.9 Å². The molecule has 1 aromatic carbocycles. The highest BCUT2D eigenvalue weighted by Gasteiger charge is 2.21. The molecule has 1 amide bonds. The third-order valence-electron chi connectivity index (χ3n) is 4.39. The van der Waals surface area contributed by atoms with Crippen LogP contribution < -0.4 is 10.9 Å². The van der Waals surface area contributed by atoms with E-state index >= 15 is 0 Å². The molecular formula is C20H20FN3O4S2. The summed E-state index contributed by atoms with van der Waals surface area (Å²) in [6, 6.07) is 11.2. The Balaban J connectivity index is 1.86. The summed E-state index contributed by atoms with van der Waals surface area (Å²) in [6.07, 6.45) is 1.15. The molecule has 3 rings (SSSR count). The van der Waals surface area contributed by atoms with Crippen LogP contribution in [0.25, 0.3) is 0 Å². The average Bonchev–Trinajstić information content (AvgIpc) is 3.23. The van der Waals surface area contributed by atoms with E-state index in [1.54, 1.807) is 12.1 Å². The number of rotatable bonds is 7. The van der Waals surface area contributed by atoms with Crippen molar-refractivity contribution in [2.75, 3.05) is 14.1 Å². The molecule has 1 atom stereocenters. The SMILES string of the molecule is CN(C)S(=O)(=O)c1ccc(=O)n(CC(=O)NC(c2ccc(F)cc2)c2cccs2)c1. The van der Waals surface area contributed by atoms with Gasteiger partial charge in [0.25, 0.3) is 5.56 Å². The highest BCUT2D eigenvalue weighted by molar-refractivity contribution is 7.89. The van der Waals surface area contributed by atoms with E-state index in [1.807, 2.05) is 17.5 Å². The van der Waals surface area contributed by atoms with Crippen molar-refractivity contribution in [2.24, 2.45) is 0 Å². The summed E-state index contributed by atoms with van der Waals surface area (Å²) < 4.78 is 40.0. The lowest BCUT2D eigenvalue weighted by molar-refractivity contribution is -0.122. The summed E-state index contributed by atoms with van der Waals surface area (Å²) in [7, 11) is -0.988. The molecule has 0 aliphatic rings. The standard InChI is InChI=1S/C20H20FN3O4S2/c1-23(2)30(27,28)16-9-10-19(26)24(12-16)13-18(25)22-20(17-4-3-11-29-17)14-5-7-15(21)8-6-14/h3-12,20H,13H2,1-2H3,(H,22,25). The second-order valence-corrected chi connectivity index (χ2v) is 9.82. The van der Waals surface area contributed by atoms with Crippen molar-refractivity contribution >= 4 is 27.3 Å². The Morgan fingerprint density at radius 2 is 1.87 bits per heavy atom. The summed E-state index contributed by atoms with van der Waals surface area (Å²) in [6.45, 7) is -0.362. The first kappa shape index (κ1) is 21.9. The van der Waals surface area contributed by atoms with E-state index in [0.717, 1.165) is 26.0 Å². The van der Waals surface area contributed by atoms with Crippen LogP contribution in [0.5, 0.6) is 0 Å². The van der Waals surface area contributed by atoms with E-state index in [4.69, 9.17) is 0 Å². The van der Waals surface area contributed by atoms with Crippen molar-refractivity contribution in [2.45, 2.75) is 17.5 Å². The first-order valence-corrected chi connectivity index (χ1v) is 11.2. The highest BCUT2D eigenvalue weighted by Crippen LogP contribution is 2.26. The summed E-state index contributed by atoms with van der Waals surface area (Å²) in [4.78, 5) is 25.6. The molecular weight excluding hydrogens is 429 g/mol. The van der Waals surface area contributed by atoms with E-state index in [2.05, 4.69) is 5.32 Å². The molecule has 158 valence electrons. The normalized spacial score (nSPS) is 12.7. The van der Waals surface area contributed by atoms with Gasteiger partial charge in [-0.05, 0) is 35.2 Å². The Morgan fingerprint density at radius 3 is 2.47 bits per heavy atom. The number of nitrogens with zero attached hydrogens (tertiary/aromatic N) is 2. The molecule has 2 aromatic heterocycles. The molecule has 0 saturated carbocycles. The van der Waals surface area contributed by atoms with Crippen LogP contribution in [0.1, 0.15) is 16.5 Å². The van der Waals surface area contributed by atoms with Gasteiger partial charge in [-0.1, -0.05) is 18.2 Å². The van der Waals surface area contributed by atoms with Gasteiger partial charge in [-0.15, -0.1) is 11.3 Å². The lowest BCUT2D eigenvalue weighted by Gasteiger charge is -2.19. The Kier molecular flexibility index (Phi) is 6.49. The van der Waals surface area contributed by atoms with Gasteiger partial charge in [0.05, 0.1) is 10.9 Å². The molecule has 2 heterocycles. The van der Waals surface area contributed by atoms with Crippen molar-refractivity contribution in [1.82, 2.24) is 14.2 Å². The number of carbonyl (C=O) groups is 1. The molecule has 0 bridgehead atoms. The zero-order valence-corrected chi connectivity index (χ0v) is 17.9. The number of nitrogens with one attached hydrogen (secondary N) is 1. The van der Waals surface area contributed by atoms with E-state index in [9.17, 15) is 22.4 Å². The van der Waals surface area contributed by atoms with Gasteiger partial charge in [0, 0.05) is 31.2 Å². The molecule has 0 fully saturated rings. The van der Waals surface area contributed by atoms with Crippen molar-refractivity contribution in [3.63, 3.8) is 0 Å². The molecule has 10 heteroatoms. The molecule has 1 unspecified atom stereocenters. The summed E-state index contributed by atoms with van der Waals surface area (Å²) in [5, 5.41) is 4.70. The monoisotopic (exact) mass is 449 g/mol. The molecule has 0 spiro atoms. The summed E-state index contributed by atoms with van der Waals surface area (Å²) in [5.41, 5.74) is 0.181. The average molecular weight is 450 g/mol. The number of sulfonamides is 1. The van der Waals surface area contributed by atoms with Gasteiger partial charge in [0.1, 0.15) is 12.4 Å². The molecule has 0 aliphatic carbocycles. The maximum absolute atomic E-state index is 13.3. The second kappa shape index (κ2) is 8.90. The van der Waals surface area contributed by atoms with E-state index in [0.29, 0.717) is 5.56 Å². The molecule has 0 aliphatic heterocycles. The van der Waals surface area contributed by atoms with Gasteiger partial charge < -0.3 is 9.88 Å². The quantitative estimate of drug-likeness (QED) is 0.599. The largest absolute Gasteiger partial charge is 0.343 e. The fourth-order valence-corrected chi connectivity index (χ4v) is 4.51.